The number of hydrogen-bond acceptors (Lipinski definition) is 5. The largest absolute Gasteiger partial charge is 0.379 e. The monoisotopic (exact) mass is 459 g/mol. The van der Waals surface area contributed by atoms with Crippen molar-refractivity contribution in [2.75, 3.05) is 12.4 Å². The Morgan fingerprint density at radius 2 is 2.00 bits per heavy atom. The van der Waals surface area contributed by atoms with Gasteiger partial charge >= 0.3 is 0 Å². The molecule has 0 aliphatic rings. The number of carbonyl (C=O) groups excluding carboxylic acids is 1. The highest BCUT2D eigenvalue weighted by Gasteiger charge is 2.14. The second-order valence-electron chi connectivity index (χ2n) is 7.34. The van der Waals surface area contributed by atoms with Crippen LogP contribution in [0.1, 0.15) is 25.8 Å². The topological polar surface area (TPSA) is 73.2 Å². The summed E-state index contributed by atoms with van der Waals surface area (Å²) in [4.78, 5) is 30.0. The summed E-state index contributed by atoms with van der Waals surface area (Å²) in [6.07, 6.45) is 0.808. The van der Waals surface area contributed by atoms with Gasteiger partial charge in [0.1, 0.15) is 0 Å². The predicted octanol–water partition coefficient (Wildman–Crippen LogP) is 4.27. The first-order valence-electron chi connectivity index (χ1n) is 10.2. The number of nitrogens with one attached hydrogen (secondary N) is 1. The van der Waals surface area contributed by atoms with Gasteiger partial charge in [0.2, 0.25) is 5.91 Å². The van der Waals surface area contributed by atoms with Crippen LogP contribution in [-0.2, 0) is 22.6 Å². The summed E-state index contributed by atoms with van der Waals surface area (Å²) < 4.78 is 7.21. The predicted molar refractivity (Wildman–Crippen MR) is 126 cm³/mol. The molecule has 31 heavy (non-hydrogen) atoms. The molecule has 1 aromatic heterocycles. The minimum atomic E-state index is -0.140. The van der Waals surface area contributed by atoms with E-state index in [1.807, 2.05) is 44.2 Å². The third-order valence-corrected chi connectivity index (χ3v) is 5.74. The number of ether oxygens (including phenoxy) is 1. The summed E-state index contributed by atoms with van der Waals surface area (Å²) in [6.45, 7) is 5.42. The highest BCUT2D eigenvalue weighted by Crippen LogP contribution is 2.20. The highest BCUT2D eigenvalue weighted by atomic mass is 35.5. The van der Waals surface area contributed by atoms with Crippen LogP contribution in [-0.4, -0.2) is 33.9 Å². The van der Waals surface area contributed by atoms with Crippen molar-refractivity contribution < 1.29 is 9.53 Å². The van der Waals surface area contributed by atoms with E-state index in [9.17, 15) is 9.59 Å². The van der Waals surface area contributed by atoms with Crippen molar-refractivity contribution in [1.29, 1.82) is 0 Å². The van der Waals surface area contributed by atoms with Gasteiger partial charge in [0.25, 0.3) is 5.56 Å². The van der Waals surface area contributed by atoms with Gasteiger partial charge in [0, 0.05) is 24.7 Å². The number of halogens is 1. The van der Waals surface area contributed by atoms with Crippen LogP contribution in [0.15, 0.2) is 58.5 Å². The Morgan fingerprint density at radius 1 is 1.23 bits per heavy atom. The average Bonchev–Trinajstić information content (AvgIpc) is 2.75. The number of rotatable bonds is 10. The van der Waals surface area contributed by atoms with Crippen LogP contribution in [0.25, 0.3) is 10.9 Å². The maximum atomic E-state index is 13.1. The van der Waals surface area contributed by atoms with Crippen molar-refractivity contribution in [1.82, 2.24) is 14.9 Å². The van der Waals surface area contributed by atoms with Crippen LogP contribution >= 0.6 is 23.4 Å². The van der Waals surface area contributed by atoms with E-state index in [4.69, 9.17) is 16.3 Å². The van der Waals surface area contributed by atoms with Crippen LogP contribution in [0.4, 0.5) is 0 Å². The lowest BCUT2D eigenvalue weighted by Crippen LogP contribution is -2.27. The van der Waals surface area contributed by atoms with Crippen LogP contribution < -0.4 is 10.9 Å². The third kappa shape index (κ3) is 6.82. The molecule has 164 valence electrons. The van der Waals surface area contributed by atoms with Crippen molar-refractivity contribution in [2.24, 2.45) is 0 Å². The van der Waals surface area contributed by atoms with Gasteiger partial charge in [-0.05, 0) is 44.0 Å². The van der Waals surface area contributed by atoms with Crippen molar-refractivity contribution in [3.8, 4) is 0 Å². The molecule has 0 aliphatic carbocycles. The lowest BCUT2D eigenvalue weighted by Gasteiger charge is -2.14. The average molecular weight is 460 g/mol. The number of fused-ring (bicyclic) bond motifs is 1. The van der Waals surface area contributed by atoms with Crippen LogP contribution in [0, 0.1) is 0 Å². The molecule has 6 nitrogen and oxygen atoms in total. The molecule has 0 saturated heterocycles. The van der Waals surface area contributed by atoms with Crippen molar-refractivity contribution >= 4 is 40.2 Å². The molecule has 1 heterocycles. The van der Waals surface area contributed by atoms with Crippen molar-refractivity contribution in [3.63, 3.8) is 0 Å². The zero-order chi connectivity index (χ0) is 22.2. The lowest BCUT2D eigenvalue weighted by atomic mass is 10.2. The molecular weight excluding hydrogens is 434 g/mol. The van der Waals surface area contributed by atoms with Crippen LogP contribution in [0.3, 0.4) is 0 Å². The first-order chi connectivity index (χ1) is 14.9. The van der Waals surface area contributed by atoms with Gasteiger partial charge in [-0.1, -0.05) is 53.7 Å². The van der Waals surface area contributed by atoms with Crippen molar-refractivity contribution in [2.45, 2.75) is 44.6 Å². The fraction of sp³-hybridized carbons (Fsp3) is 0.348. The molecule has 3 rings (SSSR count). The molecule has 2 aromatic carbocycles. The van der Waals surface area contributed by atoms with E-state index in [1.165, 1.54) is 11.8 Å². The fourth-order valence-corrected chi connectivity index (χ4v) is 4.02. The number of hydrogen-bond donors (Lipinski definition) is 1. The number of carbonyl (C=O) groups is 1. The Bertz CT molecular complexity index is 1090. The number of thioether (sulfide) groups is 1. The number of nitrogens with zero attached hydrogens (tertiary/aromatic N) is 2. The van der Waals surface area contributed by atoms with Crippen molar-refractivity contribution in [3.05, 3.63) is 69.5 Å². The smallest absolute Gasteiger partial charge is 0.262 e. The molecule has 0 unspecified atom stereocenters. The second-order valence-corrected chi connectivity index (χ2v) is 8.72. The molecule has 1 amide bonds. The molecule has 8 heteroatoms. The van der Waals surface area contributed by atoms with Gasteiger partial charge in [-0.3, -0.25) is 14.2 Å². The summed E-state index contributed by atoms with van der Waals surface area (Å²) in [5.74, 6) is 0.0392. The molecule has 0 saturated carbocycles. The van der Waals surface area contributed by atoms with Gasteiger partial charge in [0.15, 0.2) is 5.16 Å². The molecule has 0 radical (unpaired) electrons. The van der Waals surface area contributed by atoms with E-state index in [-0.39, 0.29) is 23.3 Å². The molecule has 1 N–H and O–H groups in total. The molecular formula is C23H26ClN3O3S. The number of amides is 1. The quantitative estimate of drug-likeness (QED) is 0.278. The first-order valence-corrected chi connectivity index (χ1v) is 11.6. The van der Waals surface area contributed by atoms with E-state index in [0.29, 0.717) is 47.2 Å². The zero-order valence-electron chi connectivity index (χ0n) is 17.6. The molecule has 0 bridgehead atoms. The van der Waals surface area contributed by atoms with Crippen LogP contribution in [0.5, 0.6) is 0 Å². The third-order valence-electron chi connectivity index (χ3n) is 4.52. The minimum absolute atomic E-state index is 0.121. The van der Waals surface area contributed by atoms with Gasteiger partial charge in [-0.25, -0.2) is 4.98 Å². The summed E-state index contributed by atoms with van der Waals surface area (Å²) in [5, 5.41) is 4.42. The van der Waals surface area contributed by atoms with Gasteiger partial charge in [0.05, 0.1) is 22.8 Å². The molecule has 0 aliphatic heterocycles. The van der Waals surface area contributed by atoms with Gasteiger partial charge < -0.3 is 10.1 Å². The second kappa shape index (κ2) is 11.3. The fourth-order valence-electron chi connectivity index (χ4n) is 3.00. The summed E-state index contributed by atoms with van der Waals surface area (Å²) in [6, 6.07) is 14.8. The zero-order valence-corrected chi connectivity index (χ0v) is 19.2. The maximum Gasteiger partial charge on any atom is 0.262 e. The SMILES string of the molecule is CC(C)OCCCn1c(SCC(=O)NCc2ccccc2)nc2cc(Cl)ccc2c1=O. The minimum Gasteiger partial charge on any atom is -0.379 e. The van der Waals surface area contributed by atoms with Crippen LogP contribution in [0.2, 0.25) is 5.02 Å². The van der Waals surface area contributed by atoms with E-state index in [2.05, 4.69) is 10.3 Å². The van der Waals surface area contributed by atoms with E-state index in [0.717, 1.165) is 5.56 Å². The van der Waals surface area contributed by atoms with E-state index < -0.39 is 0 Å². The maximum absolute atomic E-state index is 13.1. The number of aromatic nitrogens is 2. The Kier molecular flexibility index (Phi) is 8.51. The standard InChI is InChI=1S/C23H26ClN3O3S/c1-16(2)30-12-6-11-27-22(29)19-10-9-18(24)13-20(19)26-23(27)31-15-21(28)25-14-17-7-4-3-5-8-17/h3-5,7-10,13,16H,6,11-12,14-15H2,1-2H3,(H,25,28). The Morgan fingerprint density at radius 3 is 2.74 bits per heavy atom. The first kappa shape index (κ1) is 23.3. The Balaban J connectivity index is 1.73. The Labute approximate surface area is 191 Å². The van der Waals surface area contributed by atoms with Gasteiger partial charge in [-0.15, -0.1) is 0 Å². The number of benzene rings is 2. The molecule has 0 atom stereocenters. The van der Waals surface area contributed by atoms with E-state index in [1.54, 1.807) is 22.8 Å². The molecule has 3 aromatic rings. The summed E-state index contributed by atoms with van der Waals surface area (Å²) in [7, 11) is 0. The lowest BCUT2D eigenvalue weighted by molar-refractivity contribution is -0.118. The highest BCUT2D eigenvalue weighted by molar-refractivity contribution is 7.99. The molecule has 0 spiro atoms. The summed E-state index contributed by atoms with van der Waals surface area (Å²) in [5.41, 5.74) is 1.42. The van der Waals surface area contributed by atoms with Gasteiger partial charge in [-0.2, -0.15) is 0 Å². The van der Waals surface area contributed by atoms with E-state index >= 15 is 0 Å². The normalized spacial score (nSPS) is 11.2. The summed E-state index contributed by atoms with van der Waals surface area (Å²) >= 11 is 7.33. The molecule has 0 fully saturated rings. The Hall–Kier alpha value is -2.35.